The van der Waals surface area contributed by atoms with Gasteiger partial charge in [0, 0.05) is 169 Å². The molecule has 0 bridgehead atoms. The van der Waals surface area contributed by atoms with Gasteiger partial charge in [-0.25, -0.2) is 0 Å². The van der Waals surface area contributed by atoms with Crippen LogP contribution in [0.1, 0.15) is 94.5 Å². The molecule has 0 saturated carbocycles. The molecule has 5 aromatic carbocycles. The average molecular weight is 1850 g/mol. The summed E-state index contributed by atoms with van der Waals surface area (Å²) in [5.74, 6) is 2.60. The van der Waals surface area contributed by atoms with Gasteiger partial charge in [-0.1, -0.05) is 74.8 Å². The number of nitrogens with one attached hydrogen (secondary N) is 1. The number of nitrogens with zero attached hydrogens (tertiary/aromatic N) is 5. The van der Waals surface area contributed by atoms with Crippen LogP contribution in [0.3, 0.4) is 0 Å². The Bertz CT molecular complexity index is 3030. The Morgan fingerprint density at radius 2 is 0.811 bits per heavy atom. The van der Waals surface area contributed by atoms with E-state index in [9.17, 15) is 16.8 Å². The van der Waals surface area contributed by atoms with Gasteiger partial charge in [-0.15, -0.1) is 58.5 Å². The summed E-state index contributed by atoms with van der Waals surface area (Å²) >= 11 is 39.9. The van der Waals surface area contributed by atoms with Crippen LogP contribution in [-0.2, 0) is 87.7 Å². The maximum atomic E-state index is 11.1. The number of halogens is 9. The van der Waals surface area contributed by atoms with Crippen molar-refractivity contribution in [2.45, 2.75) is 93.1 Å². The Morgan fingerprint density at radius 3 is 1.19 bits per heavy atom. The van der Waals surface area contributed by atoms with Gasteiger partial charge in [-0.3, -0.25) is 13.3 Å². The van der Waals surface area contributed by atoms with Crippen molar-refractivity contribution < 1.29 is 78.3 Å². The molecule has 5 rings (SSSR count). The van der Waals surface area contributed by atoms with E-state index in [4.69, 9.17) is 80.9 Å². The second kappa shape index (κ2) is 57.7. The largest absolute Gasteiger partial charge is 0.398 e. The maximum Gasteiger partial charge on any atom is 0.264 e. The van der Waals surface area contributed by atoms with Crippen LogP contribution >= 0.6 is 126 Å². The zero-order chi connectivity index (χ0) is 71.1. The van der Waals surface area contributed by atoms with Crippen LogP contribution < -0.4 is 30.7 Å². The molecule has 0 spiro atoms. The molecule has 0 aliphatic heterocycles. The molecule has 0 amide bonds. The Hall–Kier alpha value is -0.786. The summed E-state index contributed by atoms with van der Waals surface area (Å²) in [7, 11) is -7.00. The third kappa shape index (κ3) is 44.4. The SMILES string of the molecule is CCCN(CCC)c1cc(CN(CCCl)CCCl)ccc1Br.CCCN(CCOS(C)(=O)=O)c1cc(COS(C)(=O)=O)ccc1Br.ClCCNCCCl.Nc1cc(CO)ccc1Br.OCCN(CCO)c1cc(CO)ccc1Br.[CH2-]c1ccc(Br)c(N(CCC)CCC)c1.[Y]. The van der Waals surface area contributed by atoms with E-state index in [0.29, 0.717) is 60.9 Å². The summed E-state index contributed by atoms with van der Waals surface area (Å²) in [6.07, 6.45) is 7.52. The number of hydrogen-bond donors (Lipinski definition) is 6. The van der Waals surface area contributed by atoms with E-state index >= 15 is 0 Å². The summed E-state index contributed by atoms with van der Waals surface area (Å²) < 4.78 is 58.9. The van der Waals surface area contributed by atoms with Gasteiger partial charge in [-0.05, 0) is 172 Å². The average Bonchev–Trinajstić information content (AvgIpc) is 0.886. The molecule has 17 nitrogen and oxygen atoms in total. The first-order valence-electron chi connectivity index (χ1n) is 31.0. The van der Waals surface area contributed by atoms with E-state index < -0.39 is 20.2 Å². The number of nitrogens with two attached hydrogens (primary N) is 1. The Kier molecular flexibility index (Phi) is 58.5. The molecular weight excluding hydrogens is 1750 g/mol. The van der Waals surface area contributed by atoms with E-state index in [2.05, 4.69) is 165 Å². The molecule has 539 valence electrons. The number of hydrogen-bond acceptors (Lipinski definition) is 17. The summed E-state index contributed by atoms with van der Waals surface area (Å²) in [6, 6.07) is 29.2. The zero-order valence-electron chi connectivity index (χ0n) is 56.0. The minimum Gasteiger partial charge on any atom is -0.398 e. The molecule has 95 heavy (non-hydrogen) atoms. The topological polar surface area (TPSA) is 222 Å². The molecule has 7 N–H and O–H groups in total. The van der Waals surface area contributed by atoms with Crippen molar-refractivity contribution in [2.24, 2.45) is 0 Å². The number of rotatable bonds is 37. The predicted molar refractivity (Wildman–Crippen MR) is 417 cm³/mol. The van der Waals surface area contributed by atoms with Gasteiger partial charge in [0.25, 0.3) is 20.2 Å². The van der Waals surface area contributed by atoms with E-state index in [-0.39, 0.29) is 72.4 Å². The van der Waals surface area contributed by atoms with Crippen molar-refractivity contribution in [1.82, 2.24) is 10.2 Å². The van der Waals surface area contributed by atoms with Gasteiger partial charge < -0.3 is 51.1 Å². The fourth-order valence-corrected chi connectivity index (χ4v) is 12.4. The van der Waals surface area contributed by atoms with Crippen LogP contribution in [0.15, 0.2) is 113 Å². The summed E-state index contributed by atoms with van der Waals surface area (Å²) in [5.41, 5.74) is 15.2. The van der Waals surface area contributed by atoms with E-state index in [1.807, 2.05) is 59.2 Å². The van der Waals surface area contributed by atoms with Crippen LogP contribution in [0.2, 0.25) is 0 Å². The number of aliphatic hydroxyl groups is 4. The number of anilines is 5. The van der Waals surface area contributed by atoms with Gasteiger partial charge >= 0.3 is 0 Å². The first kappa shape index (κ1) is 96.3. The van der Waals surface area contributed by atoms with Crippen molar-refractivity contribution >= 4 is 175 Å². The molecule has 0 saturated heterocycles. The molecular formula is C66H101Br5Cl4N7O10S2Y-. The van der Waals surface area contributed by atoms with Crippen molar-refractivity contribution in [3.05, 3.63) is 148 Å². The van der Waals surface area contributed by atoms with E-state index in [1.54, 1.807) is 18.2 Å². The van der Waals surface area contributed by atoms with Crippen LogP contribution in [0, 0.1) is 6.92 Å². The summed E-state index contributed by atoms with van der Waals surface area (Å²) in [4.78, 5) is 11.0. The number of benzene rings is 5. The van der Waals surface area contributed by atoms with Crippen molar-refractivity contribution in [2.75, 3.05) is 160 Å². The summed E-state index contributed by atoms with van der Waals surface area (Å²) in [6.45, 7) is 25.6. The molecule has 5 aromatic rings. The molecule has 0 aromatic heterocycles. The molecule has 0 unspecified atom stereocenters. The fraction of sp³-hybridized carbons (Fsp3) is 0.530. The molecule has 0 atom stereocenters. The third-order valence-electron chi connectivity index (χ3n) is 12.9. The van der Waals surface area contributed by atoms with E-state index in [1.165, 1.54) is 34.3 Å². The maximum absolute atomic E-state index is 11.1. The predicted octanol–water partition coefficient (Wildman–Crippen LogP) is 15.0. The van der Waals surface area contributed by atoms with Crippen molar-refractivity contribution in [3.8, 4) is 0 Å². The van der Waals surface area contributed by atoms with Crippen molar-refractivity contribution in [3.63, 3.8) is 0 Å². The van der Waals surface area contributed by atoms with Crippen LogP contribution in [0.25, 0.3) is 0 Å². The fourth-order valence-electron chi connectivity index (χ4n) is 8.68. The minimum atomic E-state index is -3.52. The van der Waals surface area contributed by atoms with Gasteiger partial charge in [0.2, 0.25) is 0 Å². The molecule has 1 radical (unpaired) electrons. The van der Waals surface area contributed by atoms with Gasteiger partial charge in [-0.2, -0.15) is 35.4 Å². The zero-order valence-corrected chi connectivity index (χ0v) is 71.4. The normalized spacial score (nSPS) is 10.8. The Labute approximate surface area is 657 Å². The van der Waals surface area contributed by atoms with Gasteiger partial charge in [0.15, 0.2) is 0 Å². The van der Waals surface area contributed by atoms with Gasteiger partial charge in [0.1, 0.15) is 0 Å². The Balaban J connectivity index is 0. The molecule has 0 aliphatic rings. The second-order valence-corrected chi connectivity index (χ2v) is 30.1. The molecule has 0 heterocycles. The quantitative estimate of drug-likeness (QED) is 0.00715. The smallest absolute Gasteiger partial charge is 0.264 e. The first-order valence-corrected chi connectivity index (χ1v) is 40.8. The molecule has 0 aliphatic carbocycles. The molecule has 0 fully saturated rings. The first-order chi connectivity index (χ1) is 44.7. The number of aliphatic hydroxyl groups excluding tert-OH is 4. The monoisotopic (exact) mass is 1840 g/mol. The minimum absolute atomic E-state index is 0. The van der Waals surface area contributed by atoms with Crippen LogP contribution in [0.4, 0.5) is 28.4 Å². The number of nitrogen functional groups attached to an aromatic ring is 1. The molecule has 29 heteroatoms. The third-order valence-corrected chi connectivity index (χ3v) is 18.1. The van der Waals surface area contributed by atoms with Gasteiger partial charge in [0.05, 0.1) is 69.2 Å². The van der Waals surface area contributed by atoms with E-state index in [0.717, 1.165) is 137 Å². The Morgan fingerprint density at radius 1 is 0.463 bits per heavy atom. The summed E-state index contributed by atoms with van der Waals surface area (Å²) in [5, 5.41) is 38.7. The number of alkyl halides is 4. The second-order valence-electron chi connectivity index (χ2n) is 21.0. The van der Waals surface area contributed by atoms with Crippen LogP contribution in [0.5, 0.6) is 0 Å². The van der Waals surface area contributed by atoms with Crippen LogP contribution in [-0.4, -0.2) is 177 Å². The van der Waals surface area contributed by atoms with Crippen molar-refractivity contribution in [1.29, 1.82) is 0 Å². The standard InChI is InChI=1S/C17H27BrCl2N2.C14H22BrNO6S2.C13H19BrN.C11H16BrNO3.C7H8BrNO.C4H9Cl2N.Y/c1-3-9-22(10-4-2)17-13-15(5-6-16(17)18)14-21(11-7-19)12-8-20;1-4-7-16(8-9-21-23(2,17)18)14-10-12(5-6-13(14)15)11-22-24(3,19)20;1-4-8-15(9-5-2)13-10-11(3)6-7-12(13)14;12-10-2-1-9(8-16)7-11(10)13(3-5-14)4-6-15;8-6-2-1-5(4-10)3-7(6)9;5-1-3-7-4-2-6;/h5-6,13H,3-4,7-12,14H2,1-2H3;5-6,10H,4,7-9,11H2,1-3H3;6-7,10H,3-5,8-9H2,1-2H3;1-2,7,14-16H,3-6,8H2;1-3,10H,4,9H2;7H,1-4H2;/q;;-1;;;;.